The summed E-state index contributed by atoms with van der Waals surface area (Å²) in [5, 5.41) is 6.17. The molecule has 0 saturated carbocycles. The van der Waals surface area contributed by atoms with Gasteiger partial charge in [-0.2, -0.15) is 13.2 Å². The largest absolute Gasteiger partial charge is 0.471 e. The molecule has 184 valence electrons. The lowest BCUT2D eigenvalue weighted by molar-refractivity contribution is -0.186. The highest BCUT2D eigenvalue weighted by Gasteiger charge is 2.43. The van der Waals surface area contributed by atoms with Crippen LogP contribution >= 0.6 is 0 Å². The highest BCUT2D eigenvalue weighted by molar-refractivity contribution is 5.93. The van der Waals surface area contributed by atoms with Gasteiger partial charge in [-0.15, -0.1) is 0 Å². The van der Waals surface area contributed by atoms with Gasteiger partial charge in [0.05, 0.1) is 19.2 Å². The first-order chi connectivity index (χ1) is 15.3. The van der Waals surface area contributed by atoms with E-state index in [0.29, 0.717) is 41.2 Å². The van der Waals surface area contributed by atoms with Crippen LogP contribution in [-0.2, 0) is 32.0 Å². The summed E-state index contributed by atoms with van der Waals surface area (Å²) in [6.07, 6.45) is -4.11. The number of amides is 1. The molecule has 0 atom stereocenters. The van der Waals surface area contributed by atoms with E-state index in [4.69, 9.17) is 9.47 Å². The van der Waals surface area contributed by atoms with Crippen molar-refractivity contribution in [3.8, 4) is 0 Å². The van der Waals surface area contributed by atoms with Gasteiger partial charge in [-0.3, -0.25) is 9.59 Å². The molecule has 0 spiro atoms. The van der Waals surface area contributed by atoms with E-state index in [0.717, 1.165) is 0 Å². The zero-order valence-corrected chi connectivity index (χ0v) is 19.2. The number of esters is 2. The van der Waals surface area contributed by atoms with Crippen LogP contribution in [0.4, 0.5) is 18.9 Å². The number of benzene rings is 1. The van der Waals surface area contributed by atoms with Crippen LogP contribution in [0.5, 0.6) is 0 Å². The lowest BCUT2D eigenvalue weighted by atomic mass is 9.93. The Hall–Kier alpha value is -2.82. The van der Waals surface area contributed by atoms with Gasteiger partial charge < -0.3 is 25.0 Å². The molecule has 1 aliphatic rings. The highest BCUT2D eigenvalue weighted by Crippen LogP contribution is 2.30. The Morgan fingerprint density at radius 3 is 2.42 bits per heavy atom. The number of alkyl halides is 3. The van der Waals surface area contributed by atoms with Crippen LogP contribution in [0.1, 0.15) is 48.7 Å². The molecule has 1 heterocycles. The second kappa shape index (κ2) is 10.9. The van der Waals surface area contributed by atoms with Gasteiger partial charge in [0.15, 0.2) is 0 Å². The number of ether oxygens (including phenoxy) is 2. The summed E-state index contributed by atoms with van der Waals surface area (Å²) in [4.78, 5) is 36.2. The molecule has 0 aromatic heterocycles. The zero-order valence-electron chi connectivity index (χ0n) is 19.2. The predicted octanol–water partition coefficient (Wildman–Crippen LogP) is 2.65. The van der Waals surface area contributed by atoms with Crippen molar-refractivity contribution < 1.29 is 37.0 Å². The van der Waals surface area contributed by atoms with Crippen LogP contribution in [0.3, 0.4) is 0 Å². The number of halogens is 3. The minimum atomic E-state index is -4.97. The van der Waals surface area contributed by atoms with Gasteiger partial charge in [-0.25, -0.2) is 4.79 Å². The molecule has 1 aromatic carbocycles. The van der Waals surface area contributed by atoms with Crippen molar-refractivity contribution in [1.29, 1.82) is 0 Å². The molecule has 0 saturated heterocycles. The third kappa shape index (κ3) is 7.92. The number of nitrogens with zero attached hydrogens (tertiary/aromatic N) is 1. The first kappa shape index (κ1) is 26.4. The van der Waals surface area contributed by atoms with E-state index >= 15 is 0 Å². The van der Waals surface area contributed by atoms with Crippen molar-refractivity contribution in [2.45, 2.75) is 51.9 Å². The third-order valence-electron chi connectivity index (χ3n) is 4.83. The molecule has 2 rings (SSSR count). The fraction of sp³-hybridized carbons (Fsp3) is 0.591. The topological polar surface area (TPSA) is 97.0 Å². The summed E-state index contributed by atoms with van der Waals surface area (Å²) < 4.78 is 48.5. The summed E-state index contributed by atoms with van der Waals surface area (Å²) in [5.41, 5.74) is 1.25. The van der Waals surface area contributed by atoms with Gasteiger partial charge in [0, 0.05) is 25.3 Å². The monoisotopic (exact) mass is 473 g/mol. The molecule has 2 N–H and O–H groups in total. The van der Waals surface area contributed by atoms with Gasteiger partial charge in [0.1, 0.15) is 5.60 Å². The maximum Gasteiger partial charge on any atom is 0.471 e. The van der Waals surface area contributed by atoms with E-state index in [-0.39, 0.29) is 37.6 Å². The number of hydrogen-bond acceptors (Lipinski definition) is 7. The van der Waals surface area contributed by atoms with Crippen LogP contribution in [0.15, 0.2) is 12.1 Å². The minimum absolute atomic E-state index is 0.0930. The fourth-order valence-electron chi connectivity index (χ4n) is 3.43. The summed E-state index contributed by atoms with van der Waals surface area (Å²) in [7, 11) is 1.19. The van der Waals surface area contributed by atoms with Gasteiger partial charge in [0.2, 0.25) is 0 Å². The molecule has 0 radical (unpaired) electrons. The Morgan fingerprint density at radius 1 is 1.12 bits per heavy atom. The lowest BCUT2D eigenvalue weighted by Crippen LogP contribution is -2.44. The number of methoxy groups -OCH3 is 1. The quantitative estimate of drug-likeness (QED) is 0.443. The van der Waals surface area contributed by atoms with Crippen molar-refractivity contribution in [2.75, 3.05) is 38.6 Å². The van der Waals surface area contributed by atoms with Gasteiger partial charge in [0.25, 0.3) is 0 Å². The number of fused-ring (bicyclic) bond motifs is 1. The number of hydrogen-bond donors (Lipinski definition) is 2. The molecule has 0 bridgehead atoms. The van der Waals surface area contributed by atoms with Crippen molar-refractivity contribution in [2.24, 2.45) is 0 Å². The molecular weight excluding hydrogens is 443 g/mol. The molecule has 11 heteroatoms. The first-order valence-electron chi connectivity index (χ1n) is 10.6. The van der Waals surface area contributed by atoms with E-state index in [9.17, 15) is 27.6 Å². The highest BCUT2D eigenvalue weighted by atomic mass is 19.4. The van der Waals surface area contributed by atoms with E-state index < -0.39 is 23.7 Å². The van der Waals surface area contributed by atoms with Crippen molar-refractivity contribution in [3.63, 3.8) is 0 Å². The van der Waals surface area contributed by atoms with Crippen LogP contribution in [0.25, 0.3) is 0 Å². The Labute approximate surface area is 190 Å². The summed E-state index contributed by atoms with van der Waals surface area (Å²) in [6, 6.07) is 3.28. The van der Waals surface area contributed by atoms with E-state index in [1.807, 2.05) is 0 Å². The van der Waals surface area contributed by atoms with Crippen molar-refractivity contribution >= 4 is 23.5 Å². The Balaban J connectivity index is 1.97. The van der Waals surface area contributed by atoms with E-state index in [2.05, 4.69) is 10.6 Å². The molecule has 1 aliphatic heterocycles. The average molecular weight is 473 g/mol. The van der Waals surface area contributed by atoms with Gasteiger partial charge in [-0.05, 0) is 63.4 Å². The summed E-state index contributed by atoms with van der Waals surface area (Å²) in [5.74, 6) is -2.95. The lowest BCUT2D eigenvalue weighted by Gasteiger charge is -2.31. The van der Waals surface area contributed by atoms with Crippen LogP contribution in [-0.4, -0.2) is 67.8 Å². The molecular formula is C22H30F3N3O5. The number of carbonyl (C=O) groups excluding carboxylic acids is 3. The normalized spacial score (nSPS) is 13.8. The second-order valence-electron chi connectivity index (χ2n) is 8.67. The molecule has 33 heavy (non-hydrogen) atoms. The summed E-state index contributed by atoms with van der Waals surface area (Å²) in [6.45, 7) is 6.15. The molecule has 1 amide bonds. The van der Waals surface area contributed by atoms with Gasteiger partial charge >= 0.3 is 24.0 Å². The smallest absolute Gasteiger partial charge is 0.465 e. The van der Waals surface area contributed by atoms with E-state index in [1.54, 1.807) is 26.8 Å². The van der Waals surface area contributed by atoms with Crippen molar-refractivity contribution in [3.05, 3.63) is 28.8 Å². The molecule has 0 unspecified atom stereocenters. The molecule has 8 nitrogen and oxygen atoms in total. The SMILES string of the molecule is COC(=O)c1cc(NCCCNCC(=O)OC(C)(C)C)cc2c1CN(C(=O)C(F)(F)F)CC2. The third-order valence-corrected chi connectivity index (χ3v) is 4.83. The first-order valence-corrected chi connectivity index (χ1v) is 10.6. The maximum atomic E-state index is 12.8. The Bertz CT molecular complexity index is 881. The zero-order chi connectivity index (χ0) is 24.8. The molecule has 0 fully saturated rings. The number of anilines is 1. The van der Waals surface area contributed by atoms with Gasteiger partial charge in [-0.1, -0.05) is 0 Å². The number of nitrogens with one attached hydrogen (secondary N) is 2. The Morgan fingerprint density at radius 2 is 1.82 bits per heavy atom. The Kier molecular flexibility index (Phi) is 8.70. The summed E-state index contributed by atoms with van der Waals surface area (Å²) >= 11 is 0. The standard InChI is InChI=1S/C22H30F3N3O5/c1-21(2,3)33-18(29)12-26-7-5-8-27-15-10-14-6-9-28(20(31)22(23,24)25)13-17(14)16(11-15)19(30)32-4/h10-11,26-27H,5-9,12-13H2,1-4H3. The average Bonchev–Trinajstić information content (AvgIpc) is 2.72. The predicted molar refractivity (Wildman–Crippen MR) is 115 cm³/mol. The molecule has 1 aromatic rings. The number of carbonyl (C=O) groups is 3. The molecule has 0 aliphatic carbocycles. The fourth-order valence-corrected chi connectivity index (χ4v) is 3.43. The van der Waals surface area contributed by atoms with Crippen LogP contribution in [0.2, 0.25) is 0 Å². The van der Waals surface area contributed by atoms with Crippen LogP contribution in [0, 0.1) is 0 Å². The second-order valence-corrected chi connectivity index (χ2v) is 8.67. The minimum Gasteiger partial charge on any atom is -0.465 e. The van der Waals surface area contributed by atoms with Crippen LogP contribution < -0.4 is 10.6 Å². The number of rotatable bonds is 8. The van der Waals surface area contributed by atoms with Crippen molar-refractivity contribution in [1.82, 2.24) is 10.2 Å². The van der Waals surface area contributed by atoms with E-state index in [1.165, 1.54) is 13.2 Å². The maximum absolute atomic E-state index is 12.8.